The Morgan fingerprint density at radius 2 is 1.94 bits per heavy atom. The molecule has 2 bridgehead atoms. The zero-order valence-electron chi connectivity index (χ0n) is 31.6. The molecule has 1 saturated heterocycles. The second-order valence-corrected chi connectivity index (χ2v) is 18.8. The van der Waals surface area contributed by atoms with Gasteiger partial charge in [0.15, 0.2) is 9.92 Å². The zero-order chi connectivity index (χ0) is 37.4. The first kappa shape index (κ1) is 38.3. The van der Waals surface area contributed by atoms with Crippen LogP contribution in [0.4, 0.5) is 5.69 Å². The lowest BCUT2D eigenvalue weighted by molar-refractivity contribution is -0.137. The average Bonchev–Trinajstić information content (AvgIpc) is 3.58. The second-order valence-electron chi connectivity index (χ2n) is 16.4. The summed E-state index contributed by atoms with van der Waals surface area (Å²) in [6.45, 7) is 12.6. The van der Waals surface area contributed by atoms with Crippen molar-refractivity contribution in [2.75, 3.05) is 57.4 Å². The number of likely N-dealkylation sites (tertiary alicyclic amines) is 1. The van der Waals surface area contributed by atoms with Crippen molar-refractivity contribution in [1.29, 1.82) is 0 Å². The summed E-state index contributed by atoms with van der Waals surface area (Å²) in [5.41, 5.74) is 1.61. The van der Waals surface area contributed by atoms with Crippen molar-refractivity contribution in [2.24, 2.45) is 22.1 Å². The molecule has 1 spiro atoms. The quantitative estimate of drug-likeness (QED) is 0.323. The van der Waals surface area contributed by atoms with Crippen molar-refractivity contribution in [3.8, 4) is 5.75 Å². The first-order chi connectivity index (χ1) is 25.4. The monoisotopic (exact) mass is 766 g/mol. The van der Waals surface area contributed by atoms with E-state index in [2.05, 4.69) is 37.1 Å². The van der Waals surface area contributed by atoms with E-state index in [1.807, 2.05) is 24.3 Å². The molecule has 5 aliphatic rings. The third-order valence-electron chi connectivity index (χ3n) is 12.0. The van der Waals surface area contributed by atoms with Crippen molar-refractivity contribution in [3.63, 3.8) is 0 Å². The fourth-order valence-electron chi connectivity index (χ4n) is 8.57. The maximum atomic E-state index is 14.9. The van der Waals surface area contributed by atoms with Gasteiger partial charge in [0.1, 0.15) is 11.4 Å². The smallest absolute Gasteiger partial charge is 0.287 e. The highest BCUT2D eigenvalue weighted by Gasteiger charge is 2.45. The van der Waals surface area contributed by atoms with Gasteiger partial charge in [-0.25, -0.2) is 4.21 Å². The molecule has 288 valence electrons. The molecule has 12 heteroatoms. The van der Waals surface area contributed by atoms with Crippen LogP contribution < -0.4 is 14.4 Å². The van der Waals surface area contributed by atoms with E-state index in [0.717, 1.165) is 69.0 Å². The minimum Gasteiger partial charge on any atom is -0.490 e. The van der Waals surface area contributed by atoms with Crippen molar-refractivity contribution in [1.82, 2.24) is 9.62 Å². The number of amides is 2. The van der Waals surface area contributed by atoms with Crippen LogP contribution in [0.5, 0.6) is 5.75 Å². The van der Waals surface area contributed by atoms with Crippen molar-refractivity contribution < 1.29 is 28.0 Å². The van der Waals surface area contributed by atoms with Crippen LogP contribution in [0.2, 0.25) is 5.02 Å². The van der Waals surface area contributed by atoms with Gasteiger partial charge in [-0.3, -0.25) is 14.3 Å². The number of nitrogens with one attached hydrogen (secondary N) is 1. The summed E-state index contributed by atoms with van der Waals surface area (Å²) >= 11 is 6.50. The number of carbonyl (C=O) groups excluding carboxylic acids is 2. The zero-order valence-corrected chi connectivity index (χ0v) is 33.2. The Kier molecular flexibility index (Phi) is 11.3. The van der Waals surface area contributed by atoms with E-state index < -0.39 is 33.2 Å². The van der Waals surface area contributed by atoms with Gasteiger partial charge in [-0.2, -0.15) is 0 Å². The fourth-order valence-corrected chi connectivity index (χ4v) is 10.5. The third kappa shape index (κ3) is 8.20. The van der Waals surface area contributed by atoms with Crippen LogP contribution in [0.1, 0.15) is 77.3 Å². The number of hydrogen-bond donors (Lipinski definition) is 1. The highest BCUT2D eigenvalue weighted by molar-refractivity contribution is 7.92. The maximum absolute atomic E-state index is 14.9. The van der Waals surface area contributed by atoms with Crippen molar-refractivity contribution in [2.45, 2.75) is 94.7 Å². The number of carbonyl (C=O) groups is 2. The van der Waals surface area contributed by atoms with Gasteiger partial charge in [0, 0.05) is 36.0 Å². The minimum atomic E-state index is -3.76. The predicted octanol–water partition coefficient (Wildman–Crippen LogP) is 6.73. The number of benzene rings is 2. The summed E-state index contributed by atoms with van der Waals surface area (Å²) in [5, 5.41) is 0.736. The van der Waals surface area contributed by atoms with Crippen LogP contribution in [0.3, 0.4) is 0 Å². The number of ether oxygens (including phenoxy) is 3. The van der Waals surface area contributed by atoms with E-state index in [1.165, 1.54) is 24.0 Å². The standard InChI is InChI=1S/C41H55ClN4O6S/c1-28(2)38(47)43-53(49)32-13-16-37-35(24-32)46(26-41(27-51-37)17-7-9-29-23-31(42)12-15-34(29)41)25-30-11-14-33(30)36(50-22-20-45-18-5-6-19-45)10-8-21-52-40(3,4)39(48)44-53/h8,10,12-13,15-16,23-24,28,30,33,36H,5-7,9,11,14,17-22,25-27H2,1-4H3,(H,43,44,47,48,49)/b10-8-/t30-,33+,36-,41-,53?/m0/s1. The van der Waals surface area contributed by atoms with Crippen molar-refractivity contribution in [3.05, 3.63) is 64.7 Å². The summed E-state index contributed by atoms with van der Waals surface area (Å²) in [6, 6.07) is 11.5. The van der Waals surface area contributed by atoms with Gasteiger partial charge in [-0.1, -0.05) is 43.7 Å². The maximum Gasteiger partial charge on any atom is 0.287 e. The van der Waals surface area contributed by atoms with Gasteiger partial charge < -0.3 is 24.0 Å². The Hall–Kier alpha value is -2.96. The molecule has 2 aliphatic carbocycles. The molecule has 53 heavy (non-hydrogen) atoms. The number of halogens is 1. The van der Waals surface area contributed by atoms with E-state index in [9.17, 15) is 13.8 Å². The first-order valence-corrected chi connectivity index (χ1v) is 21.3. The molecule has 3 aliphatic heterocycles. The SMILES string of the molecule is CC(C)C(=O)NS1(=O)=NC(=O)C(C)(C)OC/C=C\[C@H](OCCN2CCCC2)[C@@H]2CC[C@H]2CN2C[C@@]3(CCCc4cc(Cl)ccc43)COc3ccc1cc32. The first-order valence-electron chi connectivity index (χ1n) is 19.4. The molecule has 5 atom stereocenters. The van der Waals surface area contributed by atoms with Gasteiger partial charge in [0.25, 0.3) is 5.91 Å². The van der Waals surface area contributed by atoms with Gasteiger partial charge in [-0.05, 0) is 125 Å². The minimum absolute atomic E-state index is 0.0955. The second kappa shape index (κ2) is 15.6. The van der Waals surface area contributed by atoms with Crippen LogP contribution in [0.25, 0.3) is 0 Å². The fraction of sp³-hybridized carbons (Fsp3) is 0.610. The average molecular weight is 767 g/mol. The Morgan fingerprint density at radius 3 is 2.70 bits per heavy atom. The van der Waals surface area contributed by atoms with Crippen LogP contribution in [0.15, 0.2) is 57.8 Å². The summed E-state index contributed by atoms with van der Waals surface area (Å²) in [5.74, 6) is -0.359. The Labute approximate surface area is 320 Å². The van der Waals surface area contributed by atoms with E-state index in [4.69, 9.17) is 25.8 Å². The van der Waals surface area contributed by atoms with E-state index >= 15 is 0 Å². The number of aryl methyl sites for hydroxylation is 1. The molecule has 0 aromatic heterocycles. The normalized spacial score (nSPS) is 30.7. The Balaban J connectivity index is 1.31. The van der Waals surface area contributed by atoms with Gasteiger partial charge in [0.05, 0.1) is 36.5 Å². The number of hydrogen-bond acceptors (Lipinski definition) is 8. The molecule has 10 nitrogen and oxygen atoms in total. The van der Waals surface area contributed by atoms with Crippen LogP contribution in [0, 0.1) is 17.8 Å². The van der Waals surface area contributed by atoms with Gasteiger partial charge in [0.2, 0.25) is 5.91 Å². The lowest BCUT2D eigenvalue weighted by Gasteiger charge is -2.46. The molecule has 1 saturated carbocycles. The molecule has 7 rings (SSSR count). The molecule has 0 radical (unpaired) electrons. The molecule has 2 fully saturated rings. The lowest BCUT2D eigenvalue weighted by Crippen LogP contribution is -2.50. The molecule has 3 heterocycles. The molecule has 2 aromatic rings. The highest BCUT2D eigenvalue weighted by Crippen LogP contribution is 2.47. The lowest BCUT2D eigenvalue weighted by atomic mass is 9.68. The number of fused-ring (bicyclic) bond motifs is 4. The third-order valence-corrected chi connectivity index (χ3v) is 14.0. The molecule has 2 aromatic carbocycles. The molecular formula is C41H55ClN4O6S. The van der Waals surface area contributed by atoms with E-state index in [-0.39, 0.29) is 23.0 Å². The van der Waals surface area contributed by atoms with Gasteiger partial charge in [-0.15, -0.1) is 4.36 Å². The number of anilines is 1. The Bertz CT molecular complexity index is 1850. The molecule has 1 unspecified atom stereocenters. The molecule has 2 amide bonds. The van der Waals surface area contributed by atoms with Crippen LogP contribution in [-0.4, -0.2) is 85.2 Å². The van der Waals surface area contributed by atoms with Crippen LogP contribution >= 0.6 is 11.6 Å². The summed E-state index contributed by atoms with van der Waals surface area (Å²) in [4.78, 5) is 32.1. The van der Waals surface area contributed by atoms with Crippen molar-refractivity contribution >= 4 is 39.0 Å². The molecular weight excluding hydrogens is 712 g/mol. The summed E-state index contributed by atoms with van der Waals surface area (Å²) in [6.07, 6.45) is 11.5. The summed E-state index contributed by atoms with van der Waals surface area (Å²) in [7, 11) is -3.76. The largest absolute Gasteiger partial charge is 0.490 e. The number of rotatable bonds is 6. The van der Waals surface area contributed by atoms with Crippen LogP contribution in [-0.2, 0) is 40.8 Å². The Morgan fingerprint density at radius 1 is 1.13 bits per heavy atom. The van der Waals surface area contributed by atoms with E-state index in [0.29, 0.717) is 37.3 Å². The topological polar surface area (TPSA) is 110 Å². The predicted molar refractivity (Wildman–Crippen MR) is 208 cm³/mol. The highest BCUT2D eigenvalue weighted by atomic mass is 35.5. The number of nitrogens with zero attached hydrogens (tertiary/aromatic N) is 3. The summed E-state index contributed by atoms with van der Waals surface area (Å²) < 4.78 is 41.3. The van der Waals surface area contributed by atoms with Gasteiger partial charge >= 0.3 is 0 Å². The van der Waals surface area contributed by atoms with E-state index in [1.54, 1.807) is 33.8 Å². The molecule has 1 N–H and O–H groups in total.